The Bertz CT molecular complexity index is 192. The third-order valence-electron chi connectivity index (χ3n) is 3.73. The zero-order chi connectivity index (χ0) is 10.7. The molecule has 0 bridgehead atoms. The molecule has 2 heterocycles. The largest absolute Gasteiger partial charge is 0.379 e. The lowest BCUT2D eigenvalue weighted by Crippen LogP contribution is -2.54. The van der Waals surface area contributed by atoms with E-state index in [1.807, 2.05) is 7.11 Å². The van der Waals surface area contributed by atoms with Crippen LogP contribution in [0.2, 0.25) is 0 Å². The first-order valence-corrected chi connectivity index (χ1v) is 6.25. The molecule has 0 spiro atoms. The quantitative estimate of drug-likeness (QED) is 0.693. The van der Waals surface area contributed by atoms with Crippen molar-refractivity contribution in [2.75, 3.05) is 46.4 Å². The Balaban J connectivity index is 1.58. The second-order valence-corrected chi connectivity index (χ2v) is 5.17. The van der Waals surface area contributed by atoms with Crippen LogP contribution in [0, 0.1) is 5.92 Å². The second-order valence-electron chi connectivity index (χ2n) is 5.17. The summed E-state index contributed by atoms with van der Waals surface area (Å²) in [5.74, 6) is 0.905. The number of likely N-dealkylation sites (tertiary alicyclic amines) is 2. The van der Waals surface area contributed by atoms with E-state index in [1.54, 1.807) is 0 Å². The minimum atomic E-state index is 0.505. The van der Waals surface area contributed by atoms with Crippen molar-refractivity contribution in [2.45, 2.75) is 25.9 Å². The van der Waals surface area contributed by atoms with Gasteiger partial charge in [0.25, 0.3) is 0 Å². The van der Waals surface area contributed by atoms with E-state index in [9.17, 15) is 0 Å². The van der Waals surface area contributed by atoms with Crippen LogP contribution in [0.25, 0.3) is 0 Å². The molecule has 0 aliphatic carbocycles. The Morgan fingerprint density at radius 1 is 1.13 bits per heavy atom. The molecule has 2 aliphatic rings. The number of hydrogen-bond donors (Lipinski definition) is 0. The molecule has 2 fully saturated rings. The van der Waals surface area contributed by atoms with Crippen LogP contribution in [-0.2, 0) is 4.74 Å². The molecule has 0 aromatic rings. The van der Waals surface area contributed by atoms with Crippen molar-refractivity contribution < 1.29 is 4.74 Å². The highest BCUT2D eigenvalue weighted by Gasteiger charge is 2.26. The molecule has 2 saturated heterocycles. The summed E-state index contributed by atoms with van der Waals surface area (Å²) >= 11 is 0. The molecule has 88 valence electrons. The first-order chi connectivity index (χ1) is 7.28. The maximum absolute atomic E-state index is 5.27. The molecule has 2 aliphatic heterocycles. The van der Waals surface area contributed by atoms with Crippen molar-refractivity contribution in [3.8, 4) is 0 Å². The maximum Gasteiger partial charge on any atom is 0.0824 e. The van der Waals surface area contributed by atoms with Gasteiger partial charge in [-0.1, -0.05) is 6.92 Å². The lowest BCUT2D eigenvalue weighted by molar-refractivity contribution is -0.0333. The first kappa shape index (κ1) is 11.4. The van der Waals surface area contributed by atoms with Gasteiger partial charge in [0.15, 0.2) is 0 Å². The predicted molar refractivity (Wildman–Crippen MR) is 62.1 cm³/mol. The molecule has 0 saturated carbocycles. The second kappa shape index (κ2) is 5.28. The van der Waals surface area contributed by atoms with Crippen LogP contribution in [0.1, 0.15) is 19.8 Å². The Morgan fingerprint density at radius 2 is 1.87 bits per heavy atom. The summed E-state index contributed by atoms with van der Waals surface area (Å²) in [6.07, 6.45) is 3.32. The van der Waals surface area contributed by atoms with E-state index < -0.39 is 0 Å². The molecule has 1 unspecified atom stereocenters. The lowest BCUT2D eigenvalue weighted by atomic mass is 10.0. The van der Waals surface area contributed by atoms with Gasteiger partial charge in [-0.25, -0.2) is 0 Å². The average Bonchev–Trinajstić information content (AvgIpc) is 2.16. The fraction of sp³-hybridized carbons (Fsp3) is 1.00. The van der Waals surface area contributed by atoms with Crippen LogP contribution in [0.4, 0.5) is 0 Å². The molecule has 0 aromatic heterocycles. The molecular formula is C12H24N2O. The van der Waals surface area contributed by atoms with Crippen molar-refractivity contribution in [3.63, 3.8) is 0 Å². The molecule has 1 atom stereocenters. The highest BCUT2D eigenvalue weighted by atomic mass is 16.5. The zero-order valence-corrected chi connectivity index (χ0v) is 10.1. The standard InChI is InChI=1S/C12H24N2O/c1-11-4-3-5-13(8-11)6-7-14-9-12(10-14)15-2/h11-12H,3-10H2,1-2H3. The Morgan fingerprint density at radius 3 is 2.53 bits per heavy atom. The molecule has 0 amide bonds. The maximum atomic E-state index is 5.27. The Labute approximate surface area is 93.4 Å². The number of rotatable bonds is 4. The van der Waals surface area contributed by atoms with Crippen LogP contribution < -0.4 is 0 Å². The fourth-order valence-electron chi connectivity index (χ4n) is 2.63. The van der Waals surface area contributed by atoms with Gasteiger partial charge in [-0.2, -0.15) is 0 Å². The molecule has 15 heavy (non-hydrogen) atoms. The predicted octanol–water partition coefficient (Wildman–Crippen LogP) is 1.05. The van der Waals surface area contributed by atoms with Crippen molar-refractivity contribution in [3.05, 3.63) is 0 Å². The molecular weight excluding hydrogens is 188 g/mol. The first-order valence-electron chi connectivity index (χ1n) is 6.25. The molecule has 0 N–H and O–H groups in total. The van der Waals surface area contributed by atoms with Gasteiger partial charge in [-0.15, -0.1) is 0 Å². The van der Waals surface area contributed by atoms with Gasteiger partial charge in [-0.05, 0) is 25.3 Å². The van der Waals surface area contributed by atoms with Crippen molar-refractivity contribution in [2.24, 2.45) is 5.92 Å². The number of methoxy groups -OCH3 is 1. The van der Waals surface area contributed by atoms with Crippen LogP contribution >= 0.6 is 0 Å². The van der Waals surface area contributed by atoms with E-state index >= 15 is 0 Å². The van der Waals surface area contributed by atoms with Gasteiger partial charge in [0, 0.05) is 39.8 Å². The van der Waals surface area contributed by atoms with Crippen molar-refractivity contribution in [1.82, 2.24) is 9.80 Å². The van der Waals surface area contributed by atoms with Gasteiger partial charge in [-0.3, -0.25) is 4.90 Å². The summed E-state index contributed by atoms with van der Waals surface area (Å²) in [6.45, 7) is 9.75. The van der Waals surface area contributed by atoms with Crippen molar-refractivity contribution in [1.29, 1.82) is 0 Å². The van der Waals surface area contributed by atoms with Crippen LogP contribution in [0.5, 0.6) is 0 Å². The van der Waals surface area contributed by atoms with Crippen LogP contribution in [0.3, 0.4) is 0 Å². The van der Waals surface area contributed by atoms with Crippen LogP contribution in [0.15, 0.2) is 0 Å². The van der Waals surface area contributed by atoms with E-state index in [-0.39, 0.29) is 0 Å². The van der Waals surface area contributed by atoms with E-state index in [0.717, 1.165) is 19.0 Å². The Hall–Kier alpha value is -0.120. The third kappa shape index (κ3) is 3.16. The van der Waals surface area contributed by atoms with Crippen molar-refractivity contribution >= 4 is 0 Å². The summed E-state index contributed by atoms with van der Waals surface area (Å²) in [4.78, 5) is 5.11. The summed E-state index contributed by atoms with van der Waals surface area (Å²) < 4.78 is 5.27. The molecule has 3 nitrogen and oxygen atoms in total. The highest BCUT2D eigenvalue weighted by molar-refractivity contribution is 4.81. The summed E-state index contributed by atoms with van der Waals surface area (Å²) in [6, 6.07) is 0. The van der Waals surface area contributed by atoms with E-state index in [1.165, 1.54) is 39.0 Å². The van der Waals surface area contributed by atoms with Crippen LogP contribution in [-0.4, -0.2) is 62.3 Å². The fourth-order valence-corrected chi connectivity index (χ4v) is 2.63. The van der Waals surface area contributed by atoms with Gasteiger partial charge >= 0.3 is 0 Å². The summed E-state index contributed by atoms with van der Waals surface area (Å²) in [5.41, 5.74) is 0. The number of ether oxygens (including phenoxy) is 1. The normalized spacial score (nSPS) is 30.4. The zero-order valence-electron chi connectivity index (χ0n) is 10.1. The Kier molecular flexibility index (Phi) is 4.00. The highest BCUT2D eigenvalue weighted by Crippen LogP contribution is 2.16. The number of hydrogen-bond acceptors (Lipinski definition) is 3. The third-order valence-corrected chi connectivity index (χ3v) is 3.73. The molecule has 3 heteroatoms. The smallest absolute Gasteiger partial charge is 0.0824 e. The van der Waals surface area contributed by atoms with Gasteiger partial charge < -0.3 is 9.64 Å². The lowest BCUT2D eigenvalue weighted by Gasteiger charge is -2.40. The summed E-state index contributed by atoms with van der Waals surface area (Å²) in [5, 5.41) is 0. The summed E-state index contributed by atoms with van der Waals surface area (Å²) in [7, 11) is 1.81. The van der Waals surface area contributed by atoms with Gasteiger partial charge in [0.1, 0.15) is 0 Å². The SMILES string of the molecule is COC1CN(CCN2CCCC(C)C2)C1. The van der Waals surface area contributed by atoms with E-state index in [4.69, 9.17) is 4.74 Å². The monoisotopic (exact) mass is 212 g/mol. The topological polar surface area (TPSA) is 15.7 Å². The molecule has 2 rings (SSSR count). The average molecular weight is 212 g/mol. The van der Waals surface area contributed by atoms with Gasteiger partial charge in [0.2, 0.25) is 0 Å². The molecule has 0 radical (unpaired) electrons. The van der Waals surface area contributed by atoms with E-state index in [2.05, 4.69) is 16.7 Å². The number of piperidine rings is 1. The minimum absolute atomic E-state index is 0.505. The number of nitrogens with zero attached hydrogens (tertiary/aromatic N) is 2. The van der Waals surface area contributed by atoms with Gasteiger partial charge in [0.05, 0.1) is 6.10 Å². The van der Waals surface area contributed by atoms with E-state index in [0.29, 0.717) is 6.10 Å². The minimum Gasteiger partial charge on any atom is -0.379 e. The molecule has 0 aromatic carbocycles.